The van der Waals surface area contributed by atoms with Gasteiger partial charge in [0.25, 0.3) is 0 Å². The average molecular weight is 751 g/mol. The molecule has 2 fully saturated rings. The first kappa shape index (κ1) is 40.2. The van der Waals surface area contributed by atoms with Crippen LogP contribution in [0.2, 0.25) is 0 Å². The number of rotatable bonds is 9. The Hall–Kier alpha value is -6.02. The van der Waals surface area contributed by atoms with Gasteiger partial charge in [0.05, 0.1) is 38.7 Å². The van der Waals surface area contributed by atoms with Crippen LogP contribution in [-0.2, 0) is 19.1 Å². The quantitative estimate of drug-likeness (QED) is 0.180. The number of hydrogen-bond donors (Lipinski definition) is 4. The molecule has 14 nitrogen and oxygen atoms in total. The number of ether oxygens (including phenoxy) is 2. The molecule has 4 N–H and O–H groups in total. The van der Waals surface area contributed by atoms with Gasteiger partial charge in [-0.15, -0.1) is 6.58 Å². The summed E-state index contributed by atoms with van der Waals surface area (Å²) in [7, 11) is 2.55. The lowest BCUT2D eigenvalue weighted by molar-refractivity contribution is -0.136. The van der Waals surface area contributed by atoms with Crippen molar-refractivity contribution in [2.75, 3.05) is 27.3 Å². The van der Waals surface area contributed by atoms with E-state index in [0.29, 0.717) is 42.5 Å². The van der Waals surface area contributed by atoms with E-state index < -0.39 is 24.3 Å². The third kappa shape index (κ3) is 9.75. The molecule has 0 aliphatic carbocycles. The van der Waals surface area contributed by atoms with E-state index >= 15 is 0 Å². The van der Waals surface area contributed by atoms with E-state index in [1.54, 1.807) is 22.2 Å². The van der Waals surface area contributed by atoms with E-state index in [1.807, 2.05) is 58.0 Å². The molecule has 2 saturated heterocycles. The van der Waals surface area contributed by atoms with Crippen LogP contribution >= 0.6 is 0 Å². The summed E-state index contributed by atoms with van der Waals surface area (Å²) in [5.74, 6) is 13.5. The Labute approximate surface area is 322 Å². The second-order valence-electron chi connectivity index (χ2n) is 14.7. The number of amides is 4. The van der Waals surface area contributed by atoms with Gasteiger partial charge in [-0.3, -0.25) is 9.59 Å². The van der Waals surface area contributed by atoms with Crippen LogP contribution in [0.4, 0.5) is 9.59 Å². The Morgan fingerprint density at radius 1 is 0.764 bits per heavy atom. The van der Waals surface area contributed by atoms with Gasteiger partial charge >= 0.3 is 12.2 Å². The summed E-state index contributed by atoms with van der Waals surface area (Å²) >= 11 is 0. The summed E-state index contributed by atoms with van der Waals surface area (Å²) < 4.78 is 9.49. The zero-order valence-corrected chi connectivity index (χ0v) is 32.4. The van der Waals surface area contributed by atoms with Crippen molar-refractivity contribution in [2.45, 2.75) is 71.6 Å². The molecule has 14 heteroatoms. The summed E-state index contributed by atoms with van der Waals surface area (Å²) in [6.45, 7) is 14.6. The second-order valence-corrected chi connectivity index (χ2v) is 14.7. The molecule has 3 aromatic rings. The summed E-state index contributed by atoms with van der Waals surface area (Å²) in [4.78, 5) is 70.3. The number of imidazole rings is 2. The van der Waals surface area contributed by atoms with E-state index in [1.165, 1.54) is 14.2 Å². The van der Waals surface area contributed by atoms with Crippen LogP contribution in [-0.4, -0.2) is 93.1 Å². The van der Waals surface area contributed by atoms with Crippen molar-refractivity contribution in [1.29, 1.82) is 0 Å². The Balaban J connectivity index is 1.24. The number of nitrogens with one attached hydrogen (secondary N) is 4. The first-order valence-electron chi connectivity index (χ1n) is 18.5. The van der Waals surface area contributed by atoms with Crippen LogP contribution in [0.5, 0.6) is 0 Å². The highest BCUT2D eigenvalue weighted by atomic mass is 16.5. The first-order valence-corrected chi connectivity index (χ1v) is 18.5. The van der Waals surface area contributed by atoms with Crippen molar-refractivity contribution in [3.8, 4) is 23.7 Å². The molecular weight excluding hydrogens is 701 g/mol. The molecule has 2 aliphatic heterocycles. The molecule has 0 saturated carbocycles. The van der Waals surface area contributed by atoms with Crippen molar-refractivity contribution in [2.24, 2.45) is 23.7 Å². The maximum absolute atomic E-state index is 13.6. The number of aromatic amines is 2. The predicted molar refractivity (Wildman–Crippen MR) is 205 cm³/mol. The van der Waals surface area contributed by atoms with Crippen molar-refractivity contribution >= 4 is 24.0 Å². The van der Waals surface area contributed by atoms with Gasteiger partial charge in [-0.05, 0) is 72.6 Å². The summed E-state index contributed by atoms with van der Waals surface area (Å²) in [6.07, 6.45) is 5.25. The first-order chi connectivity index (χ1) is 26.3. The van der Waals surface area contributed by atoms with Gasteiger partial charge in [0, 0.05) is 24.2 Å². The number of methoxy groups -OCH3 is 2. The highest BCUT2D eigenvalue weighted by Crippen LogP contribution is 2.36. The highest BCUT2D eigenvalue weighted by molar-refractivity contribution is 5.87. The summed E-state index contributed by atoms with van der Waals surface area (Å²) in [5, 5.41) is 5.35. The maximum Gasteiger partial charge on any atom is 0.407 e. The van der Waals surface area contributed by atoms with Gasteiger partial charge in [-0.25, -0.2) is 19.6 Å². The molecule has 6 atom stereocenters. The van der Waals surface area contributed by atoms with E-state index in [4.69, 9.17) is 9.47 Å². The SMILES string of the molecule is C=CC1CC(c2ncc(C#Cc3ccc(C#Cc4cnc(C5CC(C)CN5C(=O)C(NC(=O)OC)C(C)C)[nH]4)cc3)[nH]2)N(C(=O)C(NC(=O)OC)C(C)C)C1. The van der Waals surface area contributed by atoms with E-state index in [9.17, 15) is 19.2 Å². The Bertz CT molecular complexity index is 1990. The minimum Gasteiger partial charge on any atom is -0.453 e. The lowest BCUT2D eigenvalue weighted by Crippen LogP contribution is -2.51. The number of carbonyl (C=O) groups is 4. The lowest BCUT2D eigenvalue weighted by Gasteiger charge is -2.30. The van der Waals surface area contributed by atoms with Gasteiger partial charge < -0.3 is 39.9 Å². The largest absolute Gasteiger partial charge is 0.453 e. The zero-order valence-electron chi connectivity index (χ0n) is 32.4. The topological polar surface area (TPSA) is 175 Å². The second kappa shape index (κ2) is 17.9. The number of alkyl carbamates (subject to hydrolysis) is 2. The molecule has 290 valence electrons. The standard InChI is InChI=1S/C41H50N8O6/c1-9-27-19-33(49(23-27)39(51)35(25(4)5)47-41(53)55-8)37-43-21-31(45-37)17-15-29-12-10-28(11-13-29)14-16-30-20-42-36(44-30)32-18-26(6)22-48(32)38(50)34(24(2)3)46-40(52)54-7/h9-13,20-21,24-27,32-35H,1,18-19,22-23H2,2-8H3,(H,42,44)(H,43,45)(H,46,52)(H,47,53). The van der Waals surface area contributed by atoms with Gasteiger partial charge in [0.1, 0.15) is 35.1 Å². The lowest BCUT2D eigenvalue weighted by atomic mass is 10.0. The fourth-order valence-corrected chi connectivity index (χ4v) is 6.90. The Morgan fingerprint density at radius 2 is 1.20 bits per heavy atom. The van der Waals surface area contributed by atoms with Gasteiger partial charge in [0.2, 0.25) is 11.8 Å². The van der Waals surface area contributed by atoms with E-state index in [-0.39, 0.29) is 47.6 Å². The third-order valence-corrected chi connectivity index (χ3v) is 9.92. The molecule has 55 heavy (non-hydrogen) atoms. The van der Waals surface area contributed by atoms with Crippen LogP contribution in [0.1, 0.15) is 93.7 Å². The molecule has 4 amide bonds. The van der Waals surface area contributed by atoms with Crippen LogP contribution in [0.25, 0.3) is 0 Å². The van der Waals surface area contributed by atoms with Gasteiger partial charge in [-0.1, -0.05) is 52.5 Å². The van der Waals surface area contributed by atoms with Crippen LogP contribution in [0.15, 0.2) is 49.3 Å². The normalized spacial score (nSPS) is 20.2. The maximum atomic E-state index is 13.6. The van der Waals surface area contributed by atoms with E-state index in [0.717, 1.165) is 17.5 Å². The van der Waals surface area contributed by atoms with Gasteiger partial charge in [-0.2, -0.15) is 0 Å². The van der Waals surface area contributed by atoms with Crippen molar-refractivity contribution in [3.05, 3.63) is 83.5 Å². The number of likely N-dealkylation sites (tertiary alicyclic amines) is 2. The highest BCUT2D eigenvalue weighted by Gasteiger charge is 2.41. The zero-order chi connectivity index (χ0) is 39.8. The van der Waals surface area contributed by atoms with Crippen molar-refractivity contribution in [3.63, 3.8) is 0 Å². The molecule has 5 rings (SSSR count). The van der Waals surface area contributed by atoms with Crippen LogP contribution in [0, 0.1) is 47.4 Å². The van der Waals surface area contributed by atoms with Crippen LogP contribution in [0.3, 0.4) is 0 Å². The molecule has 0 bridgehead atoms. The van der Waals surface area contributed by atoms with Crippen molar-refractivity contribution < 1.29 is 28.7 Å². The molecular formula is C41H50N8O6. The molecule has 1 aromatic carbocycles. The fraction of sp³-hybridized carbons (Fsp3) is 0.463. The number of H-pyrrole nitrogens is 2. The summed E-state index contributed by atoms with van der Waals surface area (Å²) in [5.41, 5.74) is 2.79. The number of nitrogens with zero attached hydrogens (tertiary/aromatic N) is 4. The number of carbonyl (C=O) groups excluding carboxylic acids is 4. The molecule has 2 aromatic heterocycles. The van der Waals surface area contributed by atoms with Crippen molar-refractivity contribution in [1.82, 2.24) is 40.4 Å². The number of benzene rings is 1. The number of hydrogen-bond acceptors (Lipinski definition) is 8. The van der Waals surface area contributed by atoms with Crippen LogP contribution < -0.4 is 10.6 Å². The molecule has 4 heterocycles. The van der Waals surface area contributed by atoms with Gasteiger partial charge in [0.15, 0.2) is 0 Å². The smallest absolute Gasteiger partial charge is 0.407 e. The predicted octanol–water partition coefficient (Wildman–Crippen LogP) is 4.68. The molecule has 6 unspecified atom stereocenters. The Morgan fingerprint density at radius 3 is 1.62 bits per heavy atom. The van der Waals surface area contributed by atoms with E-state index in [2.05, 4.69) is 67.8 Å². The summed E-state index contributed by atoms with van der Waals surface area (Å²) in [6, 6.07) is 5.49. The average Bonchev–Trinajstić information content (AvgIpc) is 4.00. The molecule has 0 spiro atoms. The third-order valence-electron chi connectivity index (χ3n) is 9.92. The number of aromatic nitrogens is 4. The Kier molecular flexibility index (Phi) is 13.1. The minimum atomic E-state index is -0.747. The fourth-order valence-electron chi connectivity index (χ4n) is 6.90. The monoisotopic (exact) mass is 750 g/mol. The molecule has 2 aliphatic rings. The minimum absolute atomic E-state index is 0.0782. The molecule has 0 radical (unpaired) electrons.